The Morgan fingerprint density at radius 1 is 0.913 bits per heavy atom. The Labute approximate surface area is 267 Å². The summed E-state index contributed by atoms with van der Waals surface area (Å²) in [6.07, 6.45) is 0.214. The summed E-state index contributed by atoms with van der Waals surface area (Å²) in [4.78, 5) is 53.9. The standard InChI is InChI=1S/C38H38O8/c1-19(2)29-32(42)27(20(3)39)34(44)38(46)35(45)30-33(43)28-24(17-36(30,4)18-37(29,38)5)14-13-23(31(28)41)16-25(40)15-22-11-8-10-21-9-6-7-12-26(21)22/h6-14,19,29,41,43-44,46H,15-18H2,1-5H3/t29?,36-,37-,38+/m1/s1. The quantitative estimate of drug-likeness (QED) is 0.256. The predicted molar refractivity (Wildman–Crippen MR) is 172 cm³/mol. The summed E-state index contributed by atoms with van der Waals surface area (Å²) in [6, 6.07) is 16.9. The van der Waals surface area contributed by atoms with Gasteiger partial charge in [0.1, 0.15) is 28.6 Å². The number of allylic oxidation sites excluding steroid dienone is 1. The first-order valence-corrected chi connectivity index (χ1v) is 15.6. The highest BCUT2D eigenvalue weighted by Crippen LogP contribution is 2.65. The molecule has 0 heterocycles. The van der Waals surface area contributed by atoms with Crippen LogP contribution in [0.25, 0.3) is 16.5 Å². The molecule has 4 N–H and O–H groups in total. The number of fused-ring (bicyclic) bond motifs is 4. The van der Waals surface area contributed by atoms with Gasteiger partial charge in [-0.1, -0.05) is 82.3 Å². The number of aliphatic hydroxyl groups excluding tert-OH is 2. The van der Waals surface area contributed by atoms with Crippen molar-refractivity contribution in [1.82, 2.24) is 0 Å². The number of hydrogen-bond donors (Lipinski definition) is 4. The number of phenols is 1. The summed E-state index contributed by atoms with van der Waals surface area (Å²) < 4.78 is 0. The zero-order valence-electron chi connectivity index (χ0n) is 26.6. The van der Waals surface area contributed by atoms with Gasteiger partial charge in [-0.05, 0) is 47.6 Å². The minimum Gasteiger partial charge on any atom is -0.508 e. The fourth-order valence-corrected chi connectivity index (χ4v) is 8.83. The van der Waals surface area contributed by atoms with Crippen LogP contribution in [0.5, 0.6) is 5.75 Å². The zero-order valence-corrected chi connectivity index (χ0v) is 26.6. The second-order valence-corrected chi connectivity index (χ2v) is 14.1. The van der Waals surface area contributed by atoms with Crippen molar-refractivity contribution in [3.8, 4) is 5.75 Å². The second kappa shape index (κ2) is 10.5. The molecule has 3 aromatic rings. The van der Waals surface area contributed by atoms with Gasteiger partial charge in [-0.2, -0.15) is 0 Å². The van der Waals surface area contributed by atoms with Crippen molar-refractivity contribution in [2.45, 2.75) is 65.9 Å². The molecule has 3 aromatic carbocycles. The Hall–Kier alpha value is -4.56. The highest BCUT2D eigenvalue weighted by molar-refractivity contribution is 6.24. The maximum absolute atomic E-state index is 14.5. The van der Waals surface area contributed by atoms with E-state index in [-0.39, 0.29) is 53.9 Å². The van der Waals surface area contributed by atoms with Crippen LogP contribution in [0.4, 0.5) is 0 Å². The van der Waals surface area contributed by atoms with Crippen LogP contribution in [-0.4, -0.2) is 49.2 Å². The first kappa shape index (κ1) is 31.4. The fraction of sp³-hybridized carbons (Fsp3) is 0.368. The molecule has 46 heavy (non-hydrogen) atoms. The molecule has 0 bridgehead atoms. The van der Waals surface area contributed by atoms with E-state index in [2.05, 4.69) is 0 Å². The number of carbonyl (C=O) groups excluding carboxylic acids is 4. The van der Waals surface area contributed by atoms with Gasteiger partial charge < -0.3 is 20.4 Å². The summed E-state index contributed by atoms with van der Waals surface area (Å²) >= 11 is 0. The average molecular weight is 623 g/mol. The van der Waals surface area contributed by atoms with Crippen LogP contribution in [0, 0.1) is 22.7 Å². The van der Waals surface area contributed by atoms with Crippen molar-refractivity contribution in [2.75, 3.05) is 0 Å². The van der Waals surface area contributed by atoms with Gasteiger partial charge in [0.2, 0.25) is 5.78 Å². The van der Waals surface area contributed by atoms with Crippen LogP contribution >= 0.6 is 0 Å². The van der Waals surface area contributed by atoms with Gasteiger partial charge >= 0.3 is 0 Å². The smallest absolute Gasteiger partial charge is 0.203 e. The fourth-order valence-electron chi connectivity index (χ4n) is 8.83. The van der Waals surface area contributed by atoms with Gasteiger partial charge in [0, 0.05) is 40.7 Å². The Bertz CT molecular complexity index is 1940. The minimum absolute atomic E-state index is 0.00829. The molecule has 4 atom stereocenters. The maximum Gasteiger partial charge on any atom is 0.203 e. The van der Waals surface area contributed by atoms with E-state index in [0.29, 0.717) is 5.56 Å². The van der Waals surface area contributed by atoms with Crippen LogP contribution < -0.4 is 0 Å². The molecule has 0 spiro atoms. The molecule has 1 fully saturated rings. The molecule has 3 aliphatic rings. The molecule has 1 unspecified atom stereocenters. The molecular weight excluding hydrogens is 584 g/mol. The van der Waals surface area contributed by atoms with Gasteiger partial charge in [0.25, 0.3) is 0 Å². The molecule has 0 saturated heterocycles. The lowest BCUT2D eigenvalue weighted by atomic mass is 9.43. The van der Waals surface area contributed by atoms with Gasteiger partial charge in [0.05, 0.1) is 5.56 Å². The number of rotatable bonds is 6. The molecule has 0 aromatic heterocycles. The van der Waals surface area contributed by atoms with Crippen LogP contribution in [0.3, 0.4) is 0 Å². The Morgan fingerprint density at radius 3 is 2.24 bits per heavy atom. The van der Waals surface area contributed by atoms with Crippen molar-refractivity contribution < 1.29 is 39.6 Å². The number of phenolic OH excluding ortho intramolecular Hbond substituents is 1. The number of benzene rings is 3. The Balaban J connectivity index is 1.43. The van der Waals surface area contributed by atoms with Gasteiger partial charge in [-0.25, -0.2) is 0 Å². The van der Waals surface area contributed by atoms with Gasteiger partial charge in [-0.3, -0.25) is 19.2 Å². The molecule has 3 aliphatic carbocycles. The topological polar surface area (TPSA) is 149 Å². The Morgan fingerprint density at radius 2 is 1.57 bits per heavy atom. The molecular formula is C38H38O8. The highest BCUT2D eigenvalue weighted by atomic mass is 16.3. The summed E-state index contributed by atoms with van der Waals surface area (Å²) in [7, 11) is 0. The van der Waals surface area contributed by atoms with Crippen molar-refractivity contribution >= 4 is 39.7 Å². The summed E-state index contributed by atoms with van der Waals surface area (Å²) in [6.45, 7) is 7.96. The average Bonchev–Trinajstić information content (AvgIpc) is 2.96. The monoisotopic (exact) mass is 622 g/mol. The molecule has 1 saturated carbocycles. The lowest BCUT2D eigenvalue weighted by molar-refractivity contribution is -0.178. The normalized spacial score (nSPS) is 27.5. The molecule has 0 aliphatic heterocycles. The zero-order chi connectivity index (χ0) is 33.5. The van der Waals surface area contributed by atoms with E-state index < -0.39 is 62.7 Å². The molecule has 6 rings (SSSR count). The van der Waals surface area contributed by atoms with Crippen molar-refractivity contribution in [1.29, 1.82) is 0 Å². The molecule has 0 radical (unpaired) electrons. The number of carbonyl (C=O) groups is 4. The van der Waals surface area contributed by atoms with E-state index in [1.807, 2.05) is 42.5 Å². The number of aliphatic hydroxyl groups is 3. The van der Waals surface area contributed by atoms with E-state index in [1.165, 1.54) is 0 Å². The third kappa shape index (κ3) is 4.23. The molecule has 238 valence electrons. The summed E-state index contributed by atoms with van der Waals surface area (Å²) in [5, 5.41) is 48.7. The first-order chi connectivity index (χ1) is 21.6. The molecule has 0 amide bonds. The summed E-state index contributed by atoms with van der Waals surface area (Å²) in [5.74, 6) is -5.82. The van der Waals surface area contributed by atoms with E-state index in [1.54, 1.807) is 39.8 Å². The largest absolute Gasteiger partial charge is 0.508 e. The number of aromatic hydroxyl groups is 1. The second-order valence-electron chi connectivity index (χ2n) is 14.1. The SMILES string of the molecule is CC(=O)C1=C(O)[C@]2(O)C(=O)C3=C(O)c4c(ccc(CC(=O)Cc5cccc6ccccc56)c4O)C[C@]3(C)C[C@]2(C)C(C(C)C)C1=O. The third-order valence-corrected chi connectivity index (χ3v) is 10.6. The summed E-state index contributed by atoms with van der Waals surface area (Å²) in [5.41, 5.74) is -4.41. The van der Waals surface area contributed by atoms with Crippen LogP contribution in [0.15, 0.2) is 71.5 Å². The van der Waals surface area contributed by atoms with Crippen molar-refractivity contribution in [2.24, 2.45) is 22.7 Å². The van der Waals surface area contributed by atoms with E-state index in [0.717, 1.165) is 23.3 Å². The van der Waals surface area contributed by atoms with E-state index >= 15 is 0 Å². The first-order valence-electron chi connectivity index (χ1n) is 15.6. The Kier molecular flexibility index (Phi) is 7.17. The van der Waals surface area contributed by atoms with E-state index in [9.17, 15) is 39.6 Å². The lowest BCUT2D eigenvalue weighted by Crippen LogP contribution is -2.69. The van der Waals surface area contributed by atoms with E-state index in [4.69, 9.17) is 0 Å². The predicted octanol–water partition coefficient (Wildman–Crippen LogP) is 5.70. The van der Waals surface area contributed by atoms with Crippen molar-refractivity contribution in [3.05, 3.63) is 93.8 Å². The third-order valence-electron chi connectivity index (χ3n) is 10.6. The number of Topliss-reactive ketones (excluding diaryl/α,β-unsaturated/α-hetero) is 4. The molecule has 8 heteroatoms. The number of hydrogen-bond acceptors (Lipinski definition) is 8. The van der Waals surface area contributed by atoms with Crippen molar-refractivity contribution in [3.63, 3.8) is 0 Å². The minimum atomic E-state index is -2.67. The van der Waals surface area contributed by atoms with Crippen LogP contribution in [0.2, 0.25) is 0 Å². The maximum atomic E-state index is 14.5. The van der Waals surface area contributed by atoms with Gasteiger partial charge in [-0.15, -0.1) is 0 Å². The van der Waals surface area contributed by atoms with Gasteiger partial charge in [0.15, 0.2) is 17.2 Å². The van der Waals surface area contributed by atoms with Crippen LogP contribution in [0.1, 0.15) is 63.3 Å². The lowest BCUT2D eigenvalue weighted by Gasteiger charge is -2.59. The number of ketones is 4. The highest BCUT2D eigenvalue weighted by Gasteiger charge is 2.72. The van der Waals surface area contributed by atoms with Crippen LogP contribution in [-0.2, 0) is 38.4 Å². The molecule has 8 nitrogen and oxygen atoms in total.